The highest BCUT2D eigenvalue weighted by Crippen LogP contribution is 2.26. The number of aromatic nitrogens is 3. The Balaban J connectivity index is 1.13. The number of ether oxygens (including phenoxy) is 1. The van der Waals surface area contributed by atoms with E-state index in [1.807, 2.05) is 70.2 Å². The van der Waals surface area contributed by atoms with Crippen LogP contribution in [0.25, 0.3) is 22.7 Å². The van der Waals surface area contributed by atoms with Crippen molar-refractivity contribution in [3.8, 4) is 5.69 Å². The fourth-order valence-corrected chi connectivity index (χ4v) is 5.60. The first-order valence-electron chi connectivity index (χ1n) is 14.2. The molecule has 210 valence electrons. The van der Waals surface area contributed by atoms with Crippen LogP contribution in [0, 0.1) is 0 Å². The second kappa shape index (κ2) is 12.4. The molecule has 9 nitrogen and oxygen atoms in total. The predicted octanol–water partition coefficient (Wildman–Crippen LogP) is 3.69. The molecule has 1 N–H and O–H groups in total. The number of para-hydroxylation sites is 1. The van der Waals surface area contributed by atoms with E-state index >= 15 is 0 Å². The zero-order valence-electron chi connectivity index (χ0n) is 23.0. The van der Waals surface area contributed by atoms with E-state index in [2.05, 4.69) is 15.2 Å². The lowest BCUT2D eigenvalue weighted by Crippen LogP contribution is -2.50. The van der Waals surface area contributed by atoms with Gasteiger partial charge in [-0.05, 0) is 54.3 Å². The maximum Gasteiger partial charge on any atom is 0.275 e. The Labute approximate surface area is 239 Å². The van der Waals surface area contributed by atoms with Gasteiger partial charge in [-0.3, -0.25) is 19.5 Å². The summed E-state index contributed by atoms with van der Waals surface area (Å²) >= 11 is 0. The van der Waals surface area contributed by atoms with Gasteiger partial charge in [0.05, 0.1) is 24.4 Å². The van der Waals surface area contributed by atoms with Gasteiger partial charge in [0.1, 0.15) is 0 Å². The third-order valence-corrected chi connectivity index (χ3v) is 7.86. The molecular formula is C32H34N6O3. The van der Waals surface area contributed by atoms with Crippen molar-refractivity contribution in [1.82, 2.24) is 29.9 Å². The van der Waals surface area contributed by atoms with Crippen molar-refractivity contribution in [3.05, 3.63) is 96.0 Å². The number of hydrogen-bond acceptors (Lipinski definition) is 6. The number of carbonyl (C=O) groups is 2. The van der Waals surface area contributed by atoms with Crippen LogP contribution in [0.4, 0.5) is 0 Å². The number of pyridine rings is 1. The number of amides is 2. The minimum Gasteiger partial charge on any atom is -0.379 e. The number of benzene rings is 2. The summed E-state index contributed by atoms with van der Waals surface area (Å²) in [7, 11) is 0. The normalized spacial score (nSPS) is 16.8. The molecule has 2 amide bonds. The van der Waals surface area contributed by atoms with E-state index in [-0.39, 0.29) is 11.8 Å². The van der Waals surface area contributed by atoms with E-state index < -0.39 is 0 Å². The molecule has 0 atom stereocenters. The second-order valence-electron chi connectivity index (χ2n) is 10.5. The van der Waals surface area contributed by atoms with Crippen LogP contribution in [0.15, 0.2) is 79.1 Å². The molecule has 0 bridgehead atoms. The molecule has 2 aromatic heterocycles. The monoisotopic (exact) mass is 550 g/mol. The van der Waals surface area contributed by atoms with Crippen LogP contribution in [0.2, 0.25) is 0 Å². The van der Waals surface area contributed by atoms with E-state index in [0.29, 0.717) is 18.3 Å². The topological polar surface area (TPSA) is 92.6 Å². The van der Waals surface area contributed by atoms with Gasteiger partial charge in [0.15, 0.2) is 5.69 Å². The molecule has 2 aliphatic rings. The van der Waals surface area contributed by atoms with Crippen LogP contribution < -0.4 is 5.32 Å². The Morgan fingerprint density at radius 1 is 0.951 bits per heavy atom. The first-order valence-corrected chi connectivity index (χ1v) is 14.2. The van der Waals surface area contributed by atoms with Gasteiger partial charge >= 0.3 is 0 Å². The highest BCUT2D eigenvalue weighted by Gasteiger charge is 2.30. The number of likely N-dealkylation sites (tertiary alicyclic amines) is 1. The highest BCUT2D eigenvalue weighted by molar-refractivity contribution is 6.05. The molecule has 0 radical (unpaired) electrons. The quantitative estimate of drug-likeness (QED) is 0.353. The molecule has 0 spiro atoms. The van der Waals surface area contributed by atoms with Gasteiger partial charge in [0, 0.05) is 62.6 Å². The first-order chi connectivity index (χ1) is 20.2. The van der Waals surface area contributed by atoms with E-state index in [9.17, 15) is 9.59 Å². The summed E-state index contributed by atoms with van der Waals surface area (Å²) < 4.78 is 7.33. The first kappa shape index (κ1) is 26.9. The van der Waals surface area contributed by atoms with E-state index in [1.165, 1.54) is 6.08 Å². The average molecular weight is 551 g/mol. The SMILES string of the molecule is O=C(/C=C/c1ccc(-n2nc(C(=O)N3CCC(N4CCOCC4)CC3)c3ccccc32)cc1)NCc1cccnc1. The zero-order valence-corrected chi connectivity index (χ0v) is 23.0. The summed E-state index contributed by atoms with van der Waals surface area (Å²) in [6.45, 7) is 5.43. The Morgan fingerprint density at radius 2 is 1.73 bits per heavy atom. The molecule has 9 heteroatoms. The summed E-state index contributed by atoms with van der Waals surface area (Å²) in [5, 5.41) is 8.52. The average Bonchev–Trinajstić information content (AvgIpc) is 3.43. The van der Waals surface area contributed by atoms with Crippen molar-refractivity contribution in [3.63, 3.8) is 0 Å². The predicted molar refractivity (Wildman–Crippen MR) is 158 cm³/mol. The number of morpholine rings is 1. The van der Waals surface area contributed by atoms with Crippen molar-refractivity contribution in [2.45, 2.75) is 25.4 Å². The molecule has 0 aliphatic carbocycles. The fraction of sp³-hybridized carbons (Fsp3) is 0.312. The molecule has 2 aliphatic heterocycles. The third-order valence-electron chi connectivity index (χ3n) is 7.86. The smallest absolute Gasteiger partial charge is 0.275 e. The summed E-state index contributed by atoms with van der Waals surface area (Å²) in [6, 6.07) is 19.9. The van der Waals surface area contributed by atoms with Crippen LogP contribution in [0.5, 0.6) is 0 Å². The lowest BCUT2D eigenvalue weighted by atomic mass is 10.0. The number of fused-ring (bicyclic) bond motifs is 1. The number of hydrogen-bond donors (Lipinski definition) is 1. The van der Waals surface area contributed by atoms with Gasteiger partial charge in [0.25, 0.3) is 5.91 Å². The molecule has 2 aromatic carbocycles. The van der Waals surface area contributed by atoms with Gasteiger partial charge in [-0.2, -0.15) is 5.10 Å². The third kappa shape index (κ3) is 6.21. The lowest BCUT2D eigenvalue weighted by molar-refractivity contribution is -0.116. The van der Waals surface area contributed by atoms with Crippen molar-refractivity contribution in [1.29, 1.82) is 0 Å². The minimum atomic E-state index is -0.173. The molecule has 6 rings (SSSR count). The molecule has 4 heterocycles. The van der Waals surface area contributed by atoms with Gasteiger partial charge in [-0.15, -0.1) is 0 Å². The Kier molecular flexibility index (Phi) is 8.16. The van der Waals surface area contributed by atoms with E-state index in [1.54, 1.807) is 18.5 Å². The Bertz CT molecular complexity index is 1520. The van der Waals surface area contributed by atoms with Crippen LogP contribution in [0.1, 0.15) is 34.5 Å². The summed E-state index contributed by atoms with van der Waals surface area (Å²) in [5.41, 5.74) is 4.06. The maximum atomic E-state index is 13.7. The zero-order chi connectivity index (χ0) is 28.0. The van der Waals surface area contributed by atoms with Crippen LogP contribution in [0.3, 0.4) is 0 Å². The van der Waals surface area contributed by atoms with Crippen molar-refractivity contribution in [2.24, 2.45) is 0 Å². The molecular weight excluding hydrogens is 516 g/mol. The number of nitrogens with one attached hydrogen (secondary N) is 1. The van der Waals surface area contributed by atoms with Gasteiger partial charge in [-0.1, -0.05) is 36.4 Å². The van der Waals surface area contributed by atoms with E-state index in [0.717, 1.165) is 80.0 Å². The largest absolute Gasteiger partial charge is 0.379 e. The molecule has 2 saturated heterocycles. The maximum absolute atomic E-state index is 13.7. The summed E-state index contributed by atoms with van der Waals surface area (Å²) in [6.07, 6.45) is 8.68. The molecule has 0 unspecified atom stereocenters. The standard InChI is InChI=1S/C32H34N6O3/c39-30(34-23-25-4-3-15-33-22-25)12-9-24-7-10-27(11-8-24)38-29-6-2-1-5-28(29)31(35-38)32(40)37-16-13-26(14-17-37)36-18-20-41-21-19-36/h1-12,15,22,26H,13-14,16-21,23H2,(H,34,39)/b12-9+. The number of nitrogens with zero attached hydrogens (tertiary/aromatic N) is 5. The number of carbonyl (C=O) groups excluding carboxylic acids is 2. The van der Waals surface area contributed by atoms with Crippen molar-refractivity contribution in [2.75, 3.05) is 39.4 Å². The van der Waals surface area contributed by atoms with Crippen LogP contribution >= 0.6 is 0 Å². The number of rotatable bonds is 7. The highest BCUT2D eigenvalue weighted by atomic mass is 16.5. The summed E-state index contributed by atoms with van der Waals surface area (Å²) in [5.74, 6) is -0.189. The molecule has 41 heavy (non-hydrogen) atoms. The Hall–Kier alpha value is -4.34. The van der Waals surface area contributed by atoms with Gasteiger partial charge < -0.3 is 15.0 Å². The van der Waals surface area contributed by atoms with Crippen molar-refractivity contribution >= 4 is 28.8 Å². The fourth-order valence-electron chi connectivity index (χ4n) is 5.60. The van der Waals surface area contributed by atoms with Gasteiger partial charge in [-0.25, -0.2) is 4.68 Å². The molecule has 2 fully saturated rings. The van der Waals surface area contributed by atoms with Crippen LogP contribution in [-0.2, 0) is 16.1 Å². The van der Waals surface area contributed by atoms with E-state index in [4.69, 9.17) is 9.84 Å². The summed E-state index contributed by atoms with van der Waals surface area (Å²) in [4.78, 5) is 34.4. The minimum absolute atomic E-state index is 0.0165. The van der Waals surface area contributed by atoms with Crippen molar-refractivity contribution < 1.29 is 14.3 Å². The Morgan fingerprint density at radius 3 is 2.49 bits per heavy atom. The van der Waals surface area contributed by atoms with Gasteiger partial charge in [0.2, 0.25) is 5.91 Å². The lowest BCUT2D eigenvalue weighted by Gasteiger charge is -2.39. The number of piperidine rings is 1. The van der Waals surface area contributed by atoms with Crippen LogP contribution in [-0.4, -0.2) is 81.8 Å². The second-order valence-corrected chi connectivity index (χ2v) is 10.5. The molecule has 0 saturated carbocycles. The molecule has 4 aromatic rings.